The lowest BCUT2D eigenvalue weighted by atomic mass is 9.84. The summed E-state index contributed by atoms with van der Waals surface area (Å²) in [6.07, 6.45) is 0. The van der Waals surface area contributed by atoms with Crippen LogP contribution in [0.5, 0.6) is 0 Å². The zero-order valence-electron chi connectivity index (χ0n) is 10.6. The lowest BCUT2D eigenvalue weighted by Crippen LogP contribution is -2.58. The highest BCUT2D eigenvalue weighted by Crippen LogP contribution is 2.32. The number of nitrogens with two attached hydrogens (primary N) is 1. The van der Waals surface area contributed by atoms with Crippen molar-refractivity contribution in [1.29, 1.82) is 0 Å². The molecule has 0 spiro atoms. The standard InChI is InChI=1S/C13H17BrN2O2/c1-9-3-4-10(14)5-11(9)16(2)12(17)13(6-15)7-18-8-13/h3-5H,6-8,15H2,1-2H3. The number of hydrogen-bond donors (Lipinski definition) is 1. The molecule has 0 saturated carbocycles. The normalized spacial score (nSPS) is 17.1. The zero-order chi connectivity index (χ0) is 13.3. The minimum Gasteiger partial charge on any atom is -0.379 e. The van der Waals surface area contributed by atoms with E-state index in [1.807, 2.05) is 25.1 Å². The first-order valence-corrected chi connectivity index (χ1v) is 6.61. The second kappa shape index (κ2) is 4.99. The number of aryl methyl sites for hydroxylation is 1. The fourth-order valence-corrected chi connectivity index (χ4v) is 2.44. The number of benzene rings is 1. The Kier molecular flexibility index (Phi) is 3.75. The van der Waals surface area contributed by atoms with Gasteiger partial charge >= 0.3 is 0 Å². The predicted molar refractivity (Wildman–Crippen MR) is 74.6 cm³/mol. The smallest absolute Gasteiger partial charge is 0.238 e. The first kappa shape index (κ1) is 13.5. The Labute approximate surface area is 115 Å². The minimum absolute atomic E-state index is 0.0254. The average Bonchev–Trinajstić information content (AvgIpc) is 2.30. The van der Waals surface area contributed by atoms with Crippen molar-refractivity contribution < 1.29 is 9.53 Å². The number of halogens is 1. The Hall–Kier alpha value is -0.910. The number of anilines is 1. The van der Waals surface area contributed by atoms with E-state index >= 15 is 0 Å². The van der Waals surface area contributed by atoms with Crippen molar-refractivity contribution in [3.05, 3.63) is 28.2 Å². The van der Waals surface area contributed by atoms with Gasteiger partial charge in [-0.2, -0.15) is 0 Å². The molecule has 0 aromatic heterocycles. The van der Waals surface area contributed by atoms with Crippen LogP contribution in [0.4, 0.5) is 5.69 Å². The van der Waals surface area contributed by atoms with Crippen LogP contribution < -0.4 is 10.6 Å². The second-order valence-corrected chi connectivity index (χ2v) is 5.69. The van der Waals surface area contributed by atoms with E-state index in [9.17, 15) is 4.79 Å². The highest BCUT2D eigenvalue weighted by Gasteiger charge is 2.46. The number of amides is 1. The molecule has 0 bridgehead atoms. The number of hydrogen-bond acceptors (Lipinski definition) is 3. The summed E-state index contributed by atoms with van der Waals surface area (Å²) in [5.41, 5.74) is 7.13. The molecule has 1 heterocycles. The van der Waals surface area contributed by atoms with E-state index < -0.39 is 5.41 Å². The van der Waals surface area contributed by atoms with Crippen LogP contribution in [-0.4, -0.2) is 32.7 Å². The molecule has 2 N–H and O–H groups in total. The molecule has 4 nitrogen and oxygen atoms in total. The fourth-order valence-electron chi connectivity index (χ4n) is 2.09. The van der Waals surface area contributed by atoms with Crippen LogP contribution in [0, 0.1) is 12.3 Å². The van der Waals surface area contributed by atoms with Crippen LogP contribution in [0.15, 0.2) is 22.7 Å². The minimum atomic E-state index is -0.538. The summed E-state index contributed by atoms with van der Waals surface area (Å²) in [4.78, 5) is 14.2. The summed E-state index contributed by atoms with van der Waals surface area (Å²) in [6.45, 7) is 3.14. The Morgan fingerprint density at radius 2 is 2.22 bits per heavy atom. The van der Waals surface area contributed by atoms with Crippen LogP contribution in [0.25, 0.3) is 0 Å². The molecule has 18 heavy (non-hydrogen) atoms. The second-order valence-electron chi connectivity index (χ2n) is 4.77. The lowest BCUT2D eigenvalue weighted by Gasteiger charge is -2.41. The van der Waals surface area contributed by atoms with Gasteiger partial charge in [0.05, 0.1) is 13.2 Å². The molecule has 1 aromatic rings. The molecular weight excluding hydrogens is 296 g/mol. The number of carbonyl (C=O) groups is 1. The van der Waals surface area contributed by atoms with Crippen LogP contribution in [-0.2, 0) is 9.53 Å². The lowest BCUT2D eigenvalue weighted by molar-refractivity contribution is -0.156. The molecule has 0 aliphatic carbocycles. The topological polar surface area (TPSA) is 55.6 Å². The Morgan fingerprint density at radius 1 is 1.56 bits per heavy atom. The first-order valence-electron chi connectivity index (χ1n) is 5.82. The van der Waals surface area contributed by atoms with E-state index in [1.54, 1.807) is 11.9 Å². The van der Waals surface area contributed by atoms with Gasteiger partial charge in [0.25, 0.3) is 0 Å². The molecular formula is C13H17BrN2O2. The first-order chi connectivity index (χ1) is 8.50. The van der Waals surface area contributed by atoms with Crippen LogP contribution >= 0.6 is 15.9 Å². The summed E-state index contributed by atoms with van der Waals surface area (Å²) in [5, 5.41) is 0. The molecule has 0 radical (unpaired) electrons. The molecule has 1 fully saturated rings. The third kappa shape index (κ3) is 2.18. The van der Waals surface area contributed by atoms with E-state index in [4.69, 9.17) is 10.5 Å². The molecule has 5 heteroatoms. The summed E-state index contributed by atoms with van der Waals surface area (Å²) >= 11 is 3.42. The monoisotopic (exact) mass is 312 g/mol. The quantitative estimate of drug-likeness (QED) is 0.924. The molecule has 98 valence electrons. The van der Waals surface area contributed by atoms with E-state index in [0.29, 0.717) is 19.8 Å². The Balaban J connectivity index is 2.28. The van der Waals surface area contributed by atoms with Gasteiger partial charge in [-0.15, -0.1) is 0 Å². The molecule has 2 rings (SSSR count). The number of carbonyl (C=O) groups excluding carboxylic acids is 1. The van der Waals surface area contributed by atoms with Gasteiger partial charge in [-0.25, -0.2) is 0 Å². The molecule has 1 aliphatic heterocycles. The maximum Gasteiger partial charge on any atom is 0.238 e. The van der Waals surface area contributed by atoms with Crippen molar-refractivity contribution >= 4 is 27.5 Å². The summed E-state index contributed by atoms with van der Waals surface area (Å²) in [5.74, 6) is 0.0254. The number of rotatable bonds is 3. The molecule has 0 atom stereocenters. The third-order valence-corrected chi connectivity index (χ3v) is 3.93. The average molecular weight is 313 g/mol. The SMILES string of the molecule is Cc1ccc(Br)cc1N(C)C(=O)C1(CN)COC1. The van der Waals surface area contributed by atoms with Crippen LogP contribution in [0.2, 0.25) is 0 Å². The van der Waals surface area contributed by atoms with Gasteiger partial charge in [-0.05, 0) is 24.6 Å². The van der Waals surface area contributed by atoms with Crippen LogP contribution in [0.3, 0.4) is 0 Å². The van der Waals surface area contributed by atoms with Crippen molar-refractivity contribution in [2.45, 2.75) is 6.92 Å². The van der Waals surface area contributed by atoms with Crippen LogP contribution in [0.1, 0.15) is 5.56 Å². The number of nitrogens with zero attached hydrogens (tertiary/aromatic N) is 1. The number of ether oxygens (including phenoxy) is 1. The zero-order valence-corrected chi connectivity index (χ0v) is 12.2. The van der Waals surface area contributed by atoms with Gasteiger partial charge in [0.15, 0.2) is 0 Å². The molecule has 0 unspecified atom stereocenters. The van der Waals surface area contributed by atoms with Crippen molar-refractivity contribution in [3.8, 4) is 0 Å². The van der Waals surface area contributed by atoms with Gasteiger partial charge in [-0.3, -0.25) is 4.79 Å². The van der Waals surface area contributed by atoms with E-state index in [0.717, 1.165) is 15.7 Å². The van der Waals surface area contributed by atoms with Gasteiger partial charge in [0, 0.05) is 23.8 Å². The van der Waals surface area contributed by atoms with Gasteiger partial charge in [0.2, 0.25) is 5.91 Å². The van der Waals surface area contributed by atoms with Crippen molar-refractivity contribution in [2.24, 2.45) is 11.1 Å². The highest BCUT2D eigenvalue weighted by atomic mass is 79.9. The Bertz CT molecular complexity index is 467. The molecule has 1 aliphatic rings. The van der Waals surface area contributed by atoms with Crippen molar-refractivity contribution in [3.63, 3.8) is 0 Å². The fraction of sp³-hybridized carbons (Fsp3) is 0.462. The van der Waals surface area contributed by atoms with Gasteiger partial charge in [-0.1, -0.05) is 22.0 Å². The van der Waals surface area contributed by atoms with Gasteiger partial charge < -0.3 is 15.4 Å². The summed E-state index contributed by atoms with van der Waals surface area (Å²) in [7, 11) is 1.78. The molecule has 1 saturated heterocycles. The Morgan fingerprint density at radius 3 is 2.72 bits per heavy atom. The van der Waals surface area contributed by atoms with Gasteiger partial charge in [0.1, 0.15) is 5.41 Å². The molecule has 1 amide bonds. The predicted octanol–water partition coefficient (Wildman–Crippen LogP) is 1.70. The summed E-state index contributed by atoms with van der Waals surface area (Å²) < 4.78 is 6.11. The highest BCUT2D eigenvalue weighted by molar-refractivity contribution is 9.10. The van der Waals surface area contributed by atoms with Crippen molar-refractivity contribution in [1.82, 2.24) is 0 Å². The third-order valence-electron chi connectivity index (χ3n) is 3.44. The van der Waals surface area contributed by atoms with E-state index in [1.165, 1.54) is 0 Å². The maximum atomic E-state index is 12.5. The molecule has 1 aromatic carbocycles. The van der Waals surface area contributed by atoms with Crippen molar-refractivity contribution in [2.75, 3.05) is 31.7 Å². The maximum absolute atomic E-state index is 12.5. The van der Waals surface area contributed by atoms with E-state index in [-0.39, 0.29) is 5.91 Å². The summed E-state index contributed by atoms with van der Waals surface area (Å²) in [6, 6.07) is 5.88. The van der Waals surface area contributed by atoms with E-state index in [2.05, 4.69) is 15.9 Å². The largest absolute Gasteiger partial charge is 0.379 e.